The van der Waals surface area contributed by atoms with E-state index in [2.05, 4.69) is 56.8 Å². The molecule has 0 aliphatic carbocycles. The second-order valence-corrected chi connectivity index (χ2v) is 7.69. The molecule has 0 spiro atoms. The van der Waals surface area contributed by atoms with Gasteiger partial charge in [-0.3, -0.25) is 4.68 Å². The highest BCUT2D eigenvalue weighted by Crippen LogP contribution is 2.34. The summed E-state index contributed by atoms with van der Waals surface area (Å²) >= 11 is 0. The number of fused-ring (bicyclic) bond motifs is 4. The molecule has 0 unspecified atom stereocenters. The van der Waals surface area contributed by atoms with Gasteiger partial charge in [-0.15, -0.1) is 0 Å². The predicted molar refractivity (Wildman–Crippen MR) is 128 cm³/mol. The third-order valence-electron chi connectivity index (χ3n) is 5.55. The van der Waals surface area contributed by atoms with Crippen LogP contribution in [0, 0.1) is 0 Å². The molecule has 0 aliphatic rings. The van der Waals surface area contributed by atoms with Gasteiger partial charge in [0.2, 0.25) is 0 Å². The van der Waals surface area contributed by atoms with Gasteiger partial charge in [0.25, 0.3) is 0 Å². The number of pyridine rings is 1. The molecule has 154 valence electrons. The minimum atomic E-state index is 0.429. The van der Waals surface area contributed by atoms with E-state index >= 15 is 0 Å². The van der Waals surface area contributed by atoms with E-state index in [1.165, 1.54) is 11.9 Å². The molecule has 0 aliphatic heterocycles. The monoisotopic (exact) mass is 417 g/mol. The average molecular weight is 417 g/mol. The first-order valence-corrected chi connectivity index (χ1v) is 10.3. The van der Waals surface area contributed by atoms with Crippen LogP contribution in [0.25, 0.3) is 32.6 Å². The van der Waals surface area contributed by atoms with Crippen LogP contribution in [0.3, 0.4) is 0 Å². The third-order valence-corrected chi connectivity index (χ3v) is 5.55. The first-order valence-electron chi connectivity index (χ1n) is 10.3. The Kier molecular flexibility index (Phi) is 4.18. The van der Waals surface area contributed by atoms with E-state index in [0.717, 1.165) is 44.8 Å². The summed E-state index contributed by atoms with van der Waals surface area (Å²) in [5.74, 6) is 1.11. The quantitative estimate of drug-likeness (QED) is 0.424. The van der Waals surface area contributed by atoms with Gasteiger partial charge in [0.15, 0.2) is 0 Å². The van der Waals surface area contributed by atoms with Crippen molar-refractivity contribution in [3.63, 3.8) is 0 Å². The summed E-state index contributed by atoms with van der Waals surface area (Å²) in [6.07, 6.45) is 5.27. The van der Waals surface area contributed by atoms with Crippen LogP contribution in [0.1, 0.15) is 5.56 Å². The minimum absolute atomic E-state index is 0.429. The van der Waals surface area contributed by atoms with Crippen LogP contribution in [0.15, 0.2) is 85.5 Å². The summed E-state index contributed by atoms with van der Waals surface area (Å²) in [6, 6.07) is 22.5. The maximum Gasteiger partial charge on any atom is 0.141 e. The van der Waals surface area contributed by atoms with Crippen molar-refractivity contribution in [1.82, 2.24) is 24.7 Å². The topological polar surface area (TPSA) is 94.5 Å². The second kappa shape index (κ2) is 7.31. The van der Waals surface area contributed by atoms with Crippen LogP contribution in [0.5, 0.6) is 0 Å². The molecule has 7 nitrogen and oxygen atoms in total. The molecule has 3 N–H and O–H groups in total. The Morgan fingerprint density at radius 2 is 1.66 bits per heavy atom. The number of nitrogens with zero attached hydrogens (tertiary/aromatic N) is 5. The molecule has 3 heterocycles. The van der Waals surface area contributed by atoms with Crippen molar-refractivity contribution >= 4 is 49.9 Å². The predicted octanol–water partition coefficient (Wildman–Crippen LogP) is 4.90. The van der Waals surface area contributed by atoms with E-state index in [1.807, 2.05) is 35.0 Å². The van der Waals surface area contributed by atoms with E-state index < -0.39 is 0 Å². The lowest BCUT2D eigenvalue weighted by Gasteiger charge is -2.11. The summed E-state index contributed by atoms with van der Waals surface area (Å²) in [6.45, 7) is 0.718. The van der Waals surface area contributed by atoms with Crippen molar-refractivity contribution < 1.29 is 0 Å². The molecular formula is C25H19N7. The summed E-state index contributed by atoms with van der Waals surface area (Å²) in [5, 5.41) is 12.4. The molecule has 3 aromatic carbocycles. The van der Waals surface area contributed by atoms with Crippen molar-refractivity contribution in [2.24, 2.45) is 0 Å². The maximum absolute atomic E-state index is 5.91. The average Bonchev–Trinajstić information content (AvgIpc) is 3.23. The second-order valence-electron chi connectivity index (χ2n) is 7.69. The highest BCUT2D eigenvalue weighted by atomic mass is 15.3. The molecule has 0 fully saturated rings. The molecule has 0 saturated heterocycles. The Bertz CT molecular complexity index is 1590. The van der Waals surface area contributed by atoms with Crippen molar-refractivity contribution in [2.45, 2.75) is 6.54 Å². The molecule has 6 aromatic rings. The van der Waals surface area contributed by atoms with Crippen LogP contribution in [-0.4, -0.2) is 24.7 Å². The number of hydrogen-bond acceptors (Lipinski definition) is 6. The van der Waals surface area contributed by atoms with Gasteiger partial charge in [-0.25, -0.2) is 15.0 Å². The Balaban J connectivity index is 1.49. The zero-order valence-electron chi connectivity index (χ0n) is 17.1. The Labute approximate surface area is 183 Å². The molecule has 0 radical (unpaired) electrons. The summed E-state index contributed by atoms with van der Waals surface area (Å²) in [7, 11) is 0. The van der Waals surface area contributed by atoms with Gasteiger partial charge in [-0.1, -0.05) is 54.6 Å². The van der Waals surface area contributed by atoms with Gasteiger partial charge in [0, 0.05) is 33.4 Å². The molecule has 0 atom stereocenters. The fourth-order valence-corrected chi connectivity index (χ4v) is 4.07. The smallest absolute Gasteiger partial charge is 0.141 e. The molecule has 7 heteroatoms. The van der Waals surface area contributed by atoms with Gasteiger partial charge in [-0.05, 0) is 17.7 Å². The lowest BCUT2D eigenvalue weighted by Crippen LogP contribution is -1.99. The summed E-state index contributed by atoms with van der Waals surface area (Å²) in [4.78, 5) is 12.9. The van der Waals surface area contributed by atoms with Gasteiger partial charge in [-0.2, -0.15) is 5.10 Å². The number of benzene rings is 3. The largest absolute Gasteiger partial charge is 0.384 e. The highest BCUT2D eigenvalue weighted by molar-refractivity contribution is 6.12. The maximum atomic E-state index is 5.91. The van der Waals surface area contributed by atoms with Gasteiger partial charge in [0.05, 0.1) is 18.3 Å². The Hall–Kier alpha value is -4.52. The molecule has 32 heavy (non-hydrogen) atoms. The summed E-state index contributed by atoms with van der Waals surface area (Å²) in [5.41, 5.74) is 9.78. The van der Waals surface area contributed by atoms with Gasteiger partial charge in [0.1, 0.15) is 23.5 Å². The molecule has 3 aromatic heterocycles. The number of aromatic nitrogens is 5. The number of hydrogen-bond donors (Lipinski definition) is 2. The number of rotatable bonds is 4. The summed E-state index contributed by atoms with van der Waals surface area (Å²) < 4.78 is 1.99. The SMILES string of the molecule is Nc1cc2c(Nc3cc4cn(Cc5ccccc5)nc4c4ccccc34)ncnc2cn1. The van der Waals surface area contributed by atoms with Gasteiger partial charge < -0.3 is 11.1 Å². The van der Waals surface area contributed by atoms with Crippen LogP contribution in [0.4, 0.5) is 17.3 Å². The molecule has 0 bridgehead atoms. The minimum Gasteiger partial charge on any atom is -0.384 e. The van der Waals surface area contributed by atoms with Crippen molar-refractivity contribution in [2.75, 3.05) is 11.1 Å². The number of nitrogen functional groups attached to an aromatic ring is 1. The zero-order valence-corrected chi connectivity index (χ0v) is 17.1. The molecular weight excluding hydrogens is 398 g/mol. The van der Waals surface area contributed by atoms with Crippen LogP contribution in [0.2, 0.25) is 0 Å². The van der Waals surface area contributed by atoms with Gasteiger partial charge >= 0.3 is 0 Å². The van der Waals surface area contributed by atoms with Crippen LogP contribution in [-0.2, 0) is 6.54 Å². The van der Waals surface area contributed by atoms with Crippen molar-refractivity contribution in [3.05, 3.63) is 91.0 Å². The molecule has 0 amide bonds. The van der Waals surface area contributed by atoms with E-state index in [9.17, 15) is 0 Å². The highest BCUT2D eigenvalue weighted by Gasteiger charge is 2.13. The van der Waals surface area contributed by atoms with E-state index in [1.54, 1.807) is 12.3 Å². The zero-order chi connectivity index (χ0) is 21.5. The Morgan fingerprint density at radius 1 is 0.844 bits per heavy atom. The number of anilines is 3. The van der Waals surface area contributed by atoms with Crippen molar-refractivity contribution in [3.8, 4) is 0 Å². The molecule has 0 saturated carbocycles. The lowest BCUT2D eigenvalue weighted by molar-refractivity contribution is 0.696. The standard InChI is InChI=1S/C25H19N7/c26-23-11-20-22(12-27-23)28-15-29-25(20)30-21-10-17-14-32(13-16-6-2-1-3-7-16)31-24(17)19-9-5-4-8-18(19)21/h1-12,14-15H,13H2,(H2,26,27)(H,28,29,30). The third kappa shape index (κ3) is 3.16. The van der Waals surface area contributed by atoms with E-state index in [-0.39, 0.29) is 0 Å². The fourth-order valence-electron chi connectivity index (χ4n) is 4.07. The van der Waals surface area contributed by atoms with Crippen LogP contribution >= 0.6 is 0 Å². The Morgan fingerprint density at radius 3 is 2.53 bits per heavy atom. The van der Waals surface area contributed by atoms with E-state index in [4.69, 9.17) is 10.8 Å². The van der Waals surface area contributed by atoms with Crippen LogP contribution < -0.4 is 11.1 Å². The lowest BCUT2D eigenvalue weighted by atomic mass is 10.1. The first kappa shape index (κ1) is 18.3. The van der Waals surface area contributed by atoms with Crippen molar-refractivity contribution in [1.29, 1.82) is 0 Å². The number of nitrogens with one attached hydrogen (secondary N) is 1. The molecule has 6 rings (SSSR count). The fraction of sp³-hybridized carbons (Fsp3) is 0.0400. The first-order chi connectivity index (χ1) is 15.7. The number of nitrogens with two attached hydrogens (primary N) is 1. The normalized spacial score (nSPS) is 11.4. The van der Waals surface area contributed by atoms with E-state index in [0.29, 0.717) is 11.6 Å².